The van der Waals surface area contributed by atoms with Crippen molar-refractivity contribution in [1.29, 1.82) is 0 Å². The summed E-state index contributed by atoms with van der Waals surface area (Å²) in [4.78, 5) is 25.1. The Balaban J connectivity index is 2.21. The van der Waals surface area contributed by atoms with Gasteiger partial charge in [-0.1, -0.05) is 75.8 Å². The maximum Gasteiger partial charge on any atom is 0.305 e. The van der Waals surface area contributed by atoms with E-state index >= 15 is 0 Å². The zero-order valence-corrected chi connectivity index (χ0v) is 19.4. The lowest BCUT2D eigenvalue weighted by molar-refractivity contribution is -0.140. The Morgan fingerprint density at radius 3 is 1.87 bits per heavy atom. The van der Waals surface area contributed by atoms with Crippen LogP contribution in [0.2, 0.25) is 0 Å². The number of Topliss-reactive ketones (excluding diaryl/α,β-unsaturated/α-hetero) is 1. The highest BCUT2D eigenvalue weighted by atomic mass is 16.5. The highest BCUT2D eigenvalue weighted by Gasteiger charge is 2.07. The summed E-state index contributed by atoms with van der Waals surface area (Å²) in [6.45, 7) is 5.25. The van der Waals surface area contributed by atoms with Crippen LogP contribution in [0.25, 0.3) is 0 Å². The molecule has 0 atom stereocenters. The van der Waals surface area contributed by atoms with Gasteiger partial charge in [-0.25, -0.2) is 0 Å². The number of methoxy groups -OCH3 is 1. The molecule has 0 heterocycles. The minimum Gasteiger partial charge on any atom is -0.469 e. The van der Waals surface area contributed by atoms with Crippen molar-refractivity contribution in [3.63, 3.8) is 0 Å². The lowest BCUT2D eigenvalue weighted by Crippen LogP contribution is -2.25. The third kappa shape index (κ3) is 14.3. The van der Waals surface area contributed by atoms with Crippen LogP contribution in [0.1, 0.15) is 96.0 Å². The van der Waals surface area contributed by atoms with Gasteiger partial charge in [-0.2, -0.15) is 0 Å². The van der Waals surface area contributed by atoms with Crippen molar-refractivity contribution in [2.45, 2.75) is 96.9 Å². The van der Waals surface area contributed by atoms with E-state index in [1.54, 1.807) is 0 Å². The number of ketones is 1. The molecule has 0 N–H and O–H groups in total. The van der Waals surface area contributed by atoms with Crippen molar-refractivity contribution in [3.05, 3.63) is 35.9 Å². The first-order chi connectivity index (χ1) is 14.7. The molecule has 170 valence electrons. The maximum atomic E-state index is 11.4. The molecule has 1 rings (SSSR count). The first kappa shape index (κ1) is 26.4. The van der Waals surface area contributed by atoms with Crippen LogP contribution in [-0.4, -0.2) is 36.9 Å². The van der Waals surface area contributed by atoms with Gasteiger partial charge in [-0.05, 0) is 44.3 Å². The fraction of sp³-hybridized carbons (Fsp3) is 0.692. The van der Waals surface area contributed by atoms with Crippen LogP contribution < -0.4 is 0 Å². The van der Waals surface area contributed by atoms with Crippen LogP contribution in [-0.2, 0) is 20.9 Å². The molecule has 0 saturated heterocycles. The molecular weight excluding hydrogens is 374 g/mol. The zero-order valence-electron chi connectivity index (χ0n) is 19.4. The summed E-state index contributed by atoms with van der Waals surface area (Å²) in [5.74, 6) is 0.301. The van der Waals surface area contributed by atoms with Gasteiger partial charge in [0.05, 0.1) is 7.11 Å². The first-order valence-corrected chi connectivity index (χ1v) is 12.0. The third-order valence-corrected chi connectivity index (χ3v) is 5.66. The van der Waals surface area contributed by atoms with Crippen molar-refractivity contribution in [3.8, 4) is 0 Å². The number of carbonyl (C=O) groups is 2. The number of hydrogen-bond donors (Lipinski definition) is 0. The summed E-state index contributed by atoms with van der Waals surface area (Å²) in [5.41, 5.74) is 1.38. The molecule has 0 aliphatic heterocycles. The van der Waals surface area contributed by atoms with Gasteiger partial charge in [0.2, 0.25) is 0 Å². The second-order valence-electron chi connectivity index (χ2n) is 8.27. The SMILES string of the molecule is CCC(=O)CCCCCCCN(CCCCCCCC(=O)OC)Cc1ccccc1. The molecule has 0 radical (unpaired) electrons. The quantitative estimate of drug-likeness (QED) is 0.195. The number of unbranched alkanes of at least 4 members (excludes halogenated alkanes) is 8. The Labute approximate surface area is 184 Å². The minimum absolute atomic E-state index is 0.0963. The number of rotatable bonds is 19. The smallest absolute Gasteiger partial charge is 0.305 e. The fourth-order valence-electron chi connectivity index (χ4n) is 3.71. The molecule has 1 aromatic rings. The summed E-state index contributed by atoms with van der Waals surface area (Å²) in [7, 11) is 1.46. The first-order valence-electron chi connectivity index (χ1n) is 12.0. The summed E-state index contributed by atoms with van der Waals surface area (Å²) < 4.78 is 4.69. The van der Waals surface area contributed by atoms with Crippen LogP contribution in [0.5, 0.6) is 0 Å². The van der Waals surface area contributed by atoms with E-state index in [4.69, 9.17) is 0 Å². The van der Waals surface area contributed by atoms with E-state index in [0.717, 1.165) is 45.3 Å². The molecule has 0 saturated carbocycles. The largest absolute Gasteiger partial charge is 0.469 e. The van der Waals surface area contributed by atoms with Gasteiger partial charge in [0, 0.05) is 25.8 Å². The molecule has 0 aliphatic rings. The Morgan fingerprint density at radius 1 is 0.767 bits per heavy atom. The highest BCUT2D eigenvalue weighted by Crippen LogP contribution is 2.12. The van der Waals surface area contributed by atoms with Crippen molar-refractivity contribution in [2.75, 3.05) is 20.2 Å². The molecule has 30 heavy (non-hydrogen) atoms. The van der Waals surface area contributed by atoms with E-state index in [0.29, 0.717) is 18.6 Å². The minimum atomic E-state index is -0.0963. The van der Waals surface area contributed by atoms with E-state index in [-0.39, 0.29) is 5.97 Å². The Hall–Kier alpha value is -1.68. The average Bonchev–Trinajstić information content (AvgIpc) is 2.77. The molecule has 0 unspecified atom stereocenters. The fourth-order valence-corrected chi connectivity index (χ4v) is 3.71. The van der Waals surface area contributed by atoms with Crippen LogP contribution in [0.3, 0.4) is 0 Å². The van der Waals surface area contributed by atoms with Crippen LogP contribution >= 0.6 is 0 Å². The molecular formula is C26H43NO3. The second kappa shape index (κ2) is 18.1. The second-order valence-corrected chi connectivity index (χ2v) is 8.27. The number of nitrogens with zero attached hydrogens (tertiary/aromatic N) is 1. The highest BCUT2D eigenvalue weighted by molar-refractivity contribution is 5.77. The predicted octanol–water partition coefficient (Wildman–Crippen LogP) is 6.32. The Kier molecular flexibility index (Phi) is 15.9. The van der Waals surface area contributed by atoms with Crippen molar-refractivity contribution >= 4 is 11.8 Å². The van der Waals surface area contributed by atoms with Crippen LogP contribution in [0.4, 0.5) is 0 Å². The summed E-state index contributed by atoms with van der Waals surface area (Å²) in [6, 6.07) is 10.7. The Morgan fingerprint density at radius 2 is 1.30 bits per heavy atom. The topological polar surface area (TPSA) is 46.6 Å². The molecule has 4 nitrogen and oxygen atoms in total. The molecule has 0 spiro atoms. The summed E-state index contributed by atoms with van der Waals surface area (Å²) in [5, 5.41) is 0. The summed E-state index contributed by atoms with van der Waals surface area (Å²) in [6.07, 6.45) is 13.6. The molecule has 1 aromatic carbocycles. The van der Waals surface area contributed by atoms with Gasteiger partial charge in [-0.3, -0.25) is 14.5 Å². The molecule has 0 aromatic heterocycles. The number of ether oxygens (including phenoxy) is 1. The van der Waals surface area contributed by atoms with E-state index < -0.39 is 0 Å². The zero-order chi connectivity index (χ0) is 21.9. The number of benzene rings is 1. The van der Waals surface area contributed by atoms with E-state index in [1.807, 2.05) is 6.92 Å². The van der Waals surface area contributed by atoms with E-state index in [1.165, 1.54) is 57.6 Å². The molecule has 0 aliphatic carbocycles. The van der Waals surface area contributed by atoms with Gasteiger partial charge in [0.1, 0.15) is 5.78 Å². The van der Waals surface area contributed by atoms with Gasteiger partial charge in [-0.15, -0.1) is 0 Å². The van der Waals surface area contributed by atoms with E-state index in [9.17, 15) is 9.59 Å². The van der Waals surface area contributed by atoms with Gasteiger partial charge < -0.3 is 4.74 Å². The monoisotopic (exact) mass is 417 g/mol. The maximum absolute atomic E-state index is 11.4. The van der Waals surface area contributed by atoms with Crippen LogP contribution in [0, 0.1) is 0 Å². The summed E-state index contributed by atoms with van der Waals surface area (Å²) >= 11 is 0. The lowest BCUT2D eigenvalue weighted by atomic mass is 10.1. The van der Waals surface area contributed by atoms with Crippen molar-refractivity contribution < 1.29 is 14.3 Å². The van der Waals surface area contributed by atoms with Crippen LogP contribution in [0.15, 0.2) is 30.3 Å². The third-order valence-electron chi connectivity index (χ3n) is 5.66. The molecule has 0 amide bonds. The van der Waals surface area contributed by atoms with Crippen molar-refractivity contribution in [1.82, 2.24) is 4.90 Å². The standard InChI is InChI=1S/C26H43NO3/c1-3-25(28)19-13-6-4-8-15-21-27(23-24-17-11-10-12-18-24)22-16-9-5-7-14-20-26(29)30-2/h10-12,17-18H,3-9,13-16,19-23H2,1-2H3. The van der Waals surface area contributed by atoms with Gasteiger partial charge in [0.15, 0.2) is 0 Å². The normalized spacial score (nSPS) is 11.0. The molecule has 0 bridgehead atoms. The van der Waals surface area contributed by atoms with E-state index in [2.05, 4.69) is 40.0 Å². The predicted molar refractivity (Wildman–Crippen MR) is 124 cm³/mol. The lowest BCUT2D eigenvalue weighted by Gasteiger charge is -2.22. The van der Waals surface area contributed by atoms with Gasteiger partial charge in [0.25, 0.3) is 0 Å². The number of esters is 1. The molecule has 4 heteroatoms. The number of carbonyl (C=O) groups excluding carboxylic acids is 2. The molecule has 0 fully saturated rings. The van der Waals surface area contributed by atoms with Gasteiger partial charge >= 0.3 is 5.97 Å². The Bertz CT molecular complexity index is 529. The number of hydrogen-bond acceptors (Lipinski definition) is 4. The average molecular weight is 418 g/mol. The van der Waals surface area contributed by atoms with Crippen molar-refractivity contribution in [2.24, 2.45) is 0 Å².